The molecule has 2 atom stereocenters. The van der Waals surface area contributed by atoms with Crippen LogP contribution >= 0.6 is 11.8 Å². The highest BCUT2D eigenvalue weighted by atomic mass is 32.2. The molecule has 1 aromatic carbocycles. The first kappa shape index (κ1) is 11.7. The van der Waals surface area contributed by atoms with E-state index in [1.165, 1.54) is 17.7 Å². The summed E-state index contributed by atoms with van der Waals surface area (Å²) in [4.78, 5) is 1.33. The van der Waals surface area contributed by atoms with E-state index in [-0.39, 0.29) is 0 Å². The van der Waals surface area contributed by atoms with Crippen molar-refractivity contribution in [3.8, 4) is 0 Å². The van der Waals surface area contributed by atoms with Crippen LogP contribution < -0.4 is 0 Å². The SMILES string of the molecule is CC1CCC(/C=C/CSc2ccccc2)O1. The first-order chi connectivity index (χ1) is 7.84. The van der Waals surface area contributed by atoms with Gasteiger partial charge in [-0.1, -0.05) is 30.4 Å². The van der Waals surface area contributed by atoms with Crippen LogP contribution in [0.3, 0.4) is 0 Å². The maximum atomic E-state index is 5.72. The average Bonchev–Trinajstić information content (AvgIpc) is 2.72. The summed E-state index contributed by atoms with van der Waals surface area (Å²) in [5.74, 6) is 1.03. The van der Waals surface area contributed by atoms with Crippen LogP contribution in [0.1, 0.15) is 19.8 Å². The maximum Gasteiger partial charge on any atom is 0.0760 e. The minimum Gasteiger partial charge on any atom is -0.371 e. The molecule has 0 radical (unpaired) electrons. The van der Waals surface area contributed by atoms with Crippen molar-refractivity contribution in [2.45, 2.75) is 36.9 Å². The van der Waals surface area contributed by atoms with E-state index in [4.69, 9.17) is 4.74 Å². The first-order valence-corrected chi connectivity index (χ1v) is 6.83. The second-order valence-electron chi connectivity index (χ2n) is 4.11. The fourth-order valence-corrected chi connectivity index (χ4v) is 2.59. The van der Waals surface area contributed by atoms with E-state index in [1.54, 1.807) is 0 Å². The third-order valence-electron chi connectivity index (χ3n) is 2.70. The predicted octanol–water partition coefficient (Wildman–Crippen LogP) is 3.90. The fraction of sp³-hybridized carbons (Fsp3) is 0.429. The van der Waals surface area contributed by atoms with Gasteiger partial charge in [0.1, 0.15) is 0 Å². The lowest BCUT2D eigenvalue weighted by Crippen LogP contribution is -2.04. The number of ether oxygens (including phenoxy) is 1. The molecule has 0 N–H and O–H groups in total. The number of benzene rings is 1. The van der Waals surface area contributed by atoms with Crippen molar-refractivity contribution in [3.63, 3.8) is 0 Å². The van der Waals surface area contributed by atoms with Crippen molar-refractivity contribution < 1.29 is 4.74 Å². The Morgan fingerprint density at radius 1 is 1.31 bits per heavy atom. The van der Waals surface area contributed by atoms with Gasteiger partial charge >= 0.3 is 0 Å². The van der Waals surface area contributed by atoms with Gasteiger partial charge in [-0.15, -0.1) is 11.8 Å². The summed E-state index contributed by atoms with van der Waals surface area (Å²) in [5, 5.41) is 0. The van der Waals surface area contributed by atoms with Crippen LogP contribution in [-0.2, 0) is 4.74 Å². The minimum atomic E-state index is 0.353. The van der Waals surface area contributed by atoms with Gasteiger partial charge in [-0.2, -0.15) is 0 Å². The molecule has 86 valence electrons. The van der Waals surface area contributed by atoms with Gasteiger partial charge in [0.25, 0.3) is 0 Å². The van der Waals surface area contributed by atoms with Crippen LogP contribution in [0, 0.1) is 0 Å². The van der Waals surface area contributed by atoms with Gasteiger partial charge in [-0.3, -0.25) is 0 Å². The molecule has 1 aliphatic heterocycles. The molecule has 16 heavy (non-hydrogen) atoms. The number of hydrogen-bond acceptors (Lipinski definition) is 2. The van der Waals surface area contributed by atoms with Crippen molar-refractivity contribution in [1.29, 1.82) is 0 Å². The van der Waals surface area contributed by atoms with Crippen LogP contribution in [-0.4, -0.2) is 18.0 Å². The highest BCUT2D eigenvalue weighted by Gasteiger charge is 2.18. The third kappa shape index (κ3) is 3.69. The molecule has 2 heteroatoms. The minimum absolute atomic E-state index is 0.353. The molecule has 1 nitrogen and oxygen atoms in total. The molecule has 0 saturated carbocycles. The zero-order chi connectivity index (χ0) is 11.2. The number of hydrogen-bond donors (Lipinski definition) is 0. The molecular formula is C14H18OS. The Morgan fingerprint density at radius 3 is 2.81 bits per heavy atom. The highest BCUT2D eigenvalue weighted by molar-refractivity contribution is 7.99. The molecule has 2 rings (SSSR count). The Morgan fingerprint density at radius 2 is 2.12 bits per heavy atom. The Kier molecular flexibility index (Phi) is 4.49. The monoisotopic (exact) mass is 234 g/mol. The van der Waals surface area contributed by atoms with Crippen molar-refractivity contribution in [2.24, 2.45) is 0 Å². The van der Waals surface area contributed by atoms with E-state index in [0.29, 0.717) is 12.2 Å². The summed E-state index contributed by atoms with van der Waals surface area (Å²) < 4.78 is 5.72. The number of thioether (sulfide) groups is 1. The Balaban J connectivity index is 1.70. The van der Waals surface area contributed by atoms with Crippen molar-refractivity contribution in [2.75, 3.05) is 5.75 Å². The molecular weight excluding hydrogens is 216 g/mol. The van der Waals surface area contributed by atoms with Gasteiger partial charge in [-0.05, 0) is 31.9 Å². The van der Waals surface area contributed by atoms with Gasteiger partial charge in [0.05, 0.1) is 12.2 Å². The lowest BCUT2D eigenvalue weighted by atomic mass is 10.2. The predicted molar refractivity (Wildman–Crippen MR) is 69.9 cm³/mol. The van der Waals surface area contributed by atoms with E-state index >= 15 is 0 Å². The average molecular weight is 234 g/mol. The van der Waals surface area contributed by atoms with Crippen LogP contribution in [0.5, 0.6) is 0 Å². The normalized spacial score (nSPS) is 25.3. The summed E-state index contributed by atoms with van der Waals surface area (Å²) in [7, 11) is 0. The molecule has 1 aliphatic rings. The van der Waals surface area contributed by atoms with E-state index in [0.717, 1.165) is 5.75 Å². The highest BCUT2D eigenvalue weighted by Crippen LogP contribution is 2.21. The van der Waals surface area contributed by atoms with E-state index < -0.39 is 0 Å². The summed E-state index contributed by atoms with van der Waals surface area (Å²) >= 11 is 1.86. The zero-order valence-electron chi connectivity index (χ0n) is 9.63. The lowest BCUT2D eigenvalue weighted by Gasteiger charge is -2.04. The molecule has 0 spiro atoms. The fourth-order valence-electron chi connectivity index (χ4n) is 1.84. The van der Waals surface area contributed by atoms with Gasteiger partial charge in [0, 0.05) is 10.6 Å². The Bertz CT molecular complexity index is 334. The van der Waals surface area contributed by atoms with Crippen LogP contribution in [0.2, 0.25) is 0 Å². The van der Waals surface area contributed by atoms with E-state index in [9.17, 15) is 0 Å². The molecule has 0 aromatic heterocycles. The van der Waals surface area contributed by atoms with E-state index in [2.05, 4.69) is 43.3 Å². The molecule has 0 bridgehead atoms. The van der Waals surface area contributed by atoms with Crippen molar-refractivity contribution in [1.82, 2.24) is 0 Å². The number of rotatable bonds is 4. The molecule has 1 aromatic rings. The van der Waals surface area contributed by atoms with E-state index in [1.807, 2.05) is 17.8 Å². The van der Waals surface area contributed by atoms with Crippen molar-refractivity contribution >= 4 is 11.8 Å². The molecule has 1 fully saturated rings. The maximum absolute atomic E-state index is 5.72. The van der Waals surface area contributed by atoms with Crippen LogP contribution in [0.25, 0.3) is 0 Å². The quantitative estimate of drug-likeness (QED) is 0.577. The summed E-state index contributed by atoms with van der Waals surface area (Å²) in [5.41, 5.74) is 0. The molecule has 1 heterocycles. The smallest absolute Gasteiger partial charge is 0.0760 e. The summed E-state index contributed by atoms with van der Waals surface area (Å²) in [6, 6.07) is 10.5. The van der Waals surface area contributed by atoms with Gasteiger partial charge in [-0.25, -0.2) is 0 Å². The second-order valence-corrected chi connectivity index (χ2v) is 5.21. The van der Waals surface area contributed by atoms with Crippen LogP contribution in [0.4, 0.5) is 0 Å². The summed E-state index contributed by atoms with van der Waals surface area (Å²) in [6.45, 7) is 2.15. The third-order valence-corrected chi connectivity index (χ3v) is 3.67. The lowest BCUT2D eigenvalue weighted by molar-refractivity contribution is 0.0833. The second kappa shape index (κ2) is 6.12. The summed E-state index contributed by atoms with van der Waals surface area (Å²) in [6.07, 6.45) is 7.59. The van der Waals surface area contributed by atoms with Gasteiger partial charge < -0.3 is 4.74 Å². The molecule has 0 aliphatic carbocycles. The zero-order valence-corrected chi connectivity index (χ0v) is 10.5. The Labute approximate surface area is 102 Å². The van der Waals surface area contributed by atoms with Gasteiger partial charge in [0.2, 0.25) is 0 Å². The molecule has 0 amide bonds. The van der Waals surface area contributed by atoms with Crippen molar-refractivity contribution in [3.05, 3.63) is 42.5 Å². The topological polar surface area (TPSA) is 9.23 Å². The largest absolute Gasteiger partial charge is 0.371 e. The first-order valence-electron chi connectivity index (χ1n) is 5.84. The molecule has 1 saturated heterocycles. The van der Waals surface area contributed by atoms with Crippen LogP contribution in [0.15, 0.2) is 47.4 Å². The Hall–Kier alpha value is -0.730. The standard InChI is InChI=1S/C14H18OS/c1-12-9-10-13(15-12)6-5-11-16-14-7-3-2-4-8-14/h2-8,12-13H,9-11H2,1H3/b6-5+. The molecule has 2 unspecified atom stereocenters. The van der Waals surface area contributed by atoms with Gasteiger partial charge in [0.15, 0.2) is 0 Å².